The second-order valence-electron chi connectivity index (χ2n) is 4.07. The van der Waals surface area contributed by atoms with E-state index < -0.39 is 0 Å². The lowest BCUT2D eigenvalue weighted by Gasteiger charge is -2.09. The molecule has 3 nitrogen and oxygen atoms in total. The molecule has 3 aromatic rings. The summed E-state index contributed by atoms with van der Waals surface area (Å²) in [5.74, 6) is 0.611. The van der Waals surface area contributed by atoms with E-state index in [2.05, 4.69) is 10.1 Å². The molecule has 0 aliphatic rings. The number of hydrogen-bond donors (Lipinski definition) is 0. The quantitative estimate of drug-likeness (QED) is 0.671. The van der Waals surface area contributed by atoms with E-state index in [9.17, 15) is 0 Å². The highest BCUT2D eigenvalue weighted by molar-refractivity contribution is 6.36. The Labute approximate surface area is 130 Å². The van der Waals surface area contributed by atoms with Gasteiger partial charge in [0.25, 0.3) is 0 Å². The number of aromatic nitrogens is 3. The number of nitrogens with zero attached hydrogens (tertiary/aromatic N) is 3. The van der Waals surface area contributed by atoms with E-state index in [1.54, 1.807) is 22.9 Å². The van der Waals surface area contributed by atoms with Crippen molar-refractivity contribution in [2.45, 2.75) is 0 Å². The van der Waals surface area contributed by atoms with Crippen LogP contribution in [0.4, 0.5) is 0 Å². The van der Waals surface area contributed by atoms with E-state index in [4.69, 9.17) is 34.8 Å². The molecule has 3 rings (SSSR count). The lowest BCUT2D eigenvalue weighted by Crippen LogP contribution is -2.00. The van der Waals surface area contributed by atoms with Crippen molar-refractivity contribution in [2.75, 3.05) is 0 Å². The zero-order chi connectivity index (χ0) is 14.1. The van der Waals surface area contributed by atoms with Gasteiger partial charge in [-0.2, -0.15) is 5.10 Å². The van der Waals surface area contributed by atoms with Gasteiger partial charge in [-0.1, -0.05) is 46.9 Å². The maximum absolute atomic E-state index is 6.22. The SMILES string of the molecule is Clc1ccc(-c2ncnn2-c2ccccc2Cl)c(Cl)c1. The molecule has 100 valence electrons. The van der Waals surface area contributed by atoms with Gasteiger partial charge in [0.15, 0.2) is 5.82 Å². The fraction of sp³-hybridized carbons (Fsp3) is 0. The Morgan fingerprint density at radius 2 is 1.70 bits per heavy atom. The van der Waals surface area contributed by atoms with E-state index in [1.165, 1.54) is 6.33 Å². The van der Waals surface area contributed by atoms with Crippen LogP contribution in [-0.2, 0) is 0 Å². The first-order valence-corrected chi connectivity index (χ1v) is 6.90. The van der Waals surface area contributed by atoms with Crippen LogP contribution in [0.3, 0.4) is 0 Å². The van der Waals surface area contributed by atoms with Crippen LogP contribution in [0.1, 0.15) is 0 Å². The molecule has 0 bridgehead atoms. The Morgan fingerprint density at radius 3 is 2.45 bits per heavy atom. The Balaban J connectivity index is 2.18. The molecule has 0 unspecified atom stereocenters. The summed E-state index contributed by atoms with van der Waals surface area (Å²) in [4.78, 5) is 4.26. The monoisotopic (exact) mass is 323 g/mol. The molecule has 0 saturated heterocycles. The molecule has 0 amide bonds. The van der Waals surface area contributed by atoms with Gasteiger partial charge in [-0.3, -0.25) is 0 Å². The smallest absolute Gasteiger partial charge is 0.164 e. The molecular formula is C14H8Cl3N3. The highest BCUT2D eigenvalue weighted by Gasteiger charge is 2.14. The lowest BCUT2D eigenvalue weighted by molar-refractivity contribution is 0.887. The number of benzene rings is 2. The Morgan fingerprint density at radius 1 is 0.900 bits per heavy atom. The second kappa shape index (κ2) is 5.44. The predicted octanol–water partition coefficient (Wildman–Crippen LogP) is 4.89. The zero-order valence-electron chi connectivity index (χ0n) is 10.1. The highest BCUT2D eigenvalue weighted by Crippen LogP contribution is 2.31. The highest BCUT2D eigenvalue weighted by atomic mass is 35.5. The summed E-state index contributed by atoms with van der Waals surface area (Å²) in [6.45, 7) is 0. The first-order valence-electron chi connectivity index (χ1n) is 5.77. The molecular weight excluding hydrogens is 317 g/mol. The summed E-state index contributed by atoms with van der Waals surface area (Å²) in [6, 6.07) is 12.6. The topological polar surface area (TPSA) is 30.7 Å². The van der Waals surface area contributed by atoms with Gasteiger partial charge in [0.1, 0.15) is 6.33 Å². The van der Waals surface area contributed by atoms with Crippen molar-refractivity contribution in [3.05, 3.63) is 63.9 Å². The number of rotatable bonds is 2. The Bertz CT molecular complexity index is 768. The predicted molar refractivity (Wildman–Crippen MR) is 81.8 cm³/mol. The van der Waals surface area contributed by atoms with Crippen molar-refractivity contribution >= 4 is 34.8 Å². The van der Waals surface area contributed by atoms with Crippen LogP contribution in [0.2, 0.25) is 15.1 Å². The summed E-state index contributed by atoms with van der Waals surface area (Å²) in [5, 5.41) is 5.89. The third-order valence-corrected chi connectivity index (χ3v) is 3.67. The zero-order valence-corrected chi connectivity index (χ0v) is 12.4. The fourth-order valence-electron chi connectivity index (χ4n) is 1.90. The number of halogens is 3. The van der Waals surface area contributed by atoms with Crippen LogP contribution in [0, 0.1) is 0 Å². The Kier molecular flexibility index (Phi) is 3.66. The normalized spacial score (nSPS) is 10.8. The molecule has 0 fully saturated rings. The van der Waals surface area contributed by atoms with Crippen molar-refractivity contribution in [1.29, 1.82) is 0 Å². The minimum Gasteiger partial charge on any atom is -0.215 e. The summed E-state index contributed by atoms with van der Waals surface area (Å²) >= 11 is 18.3. The summed E-state index contributed by atoms with van der Waals surface area (Å²) in [5.41, 5.74) is 1.49. The van der Waals surface area contributed by atoms with Crippen molar-refractivity contribution in [3.8, 4) is 17.1 Å². The van der Waals surface area contributed by atoms with Gasteiger partial charge < -0.3 is 0 Å². The van der Waals surface area contributed by atoms with E-state index in [0.717, 1.165) is 11.3 Å². The van der Waals surface area contributed by atoms with Gasteiger partial charge in [-0.25, -0.2) is 9.67 Å². The molecule has 0 atom stereocenters. The van der Waals surface area contributed by atoms with E-state index in [0.29, 0.717) is 20.9 Å². The average Bonchev–Trinajstić information content (AvgIpc) is 2.88. The van der Waals surface area contributed by atoms with Crippen molar-refractivity contribution < 1.29 is 0 Å². The van der Waals surface area contributed by atoms with Crippen LogP contribution in [-0.4, -0.2) is 14.8 Å². The minimum absolute atomic E-state index is 0.513. The second-order valence-corrected chi connectivity index (χ2v) is 5.32. The van der Waals surface area contributed by atoms with Crippen LogP contribution in [0.5, 0.6) is 0 Å². The average molecular weight is 325 g/mol. The third kappa shape index (κ3) is 2.40. The van der Waals surface area contributed by atoms with Gasteiger partial charge >= 0.3 is 0 Å². The first kappa shape index (κ1) is 13.4. The first-order chi connectivity index (χ1) is 9.66. The molecule has 0 aliphatic heterocycles. The van der Waals surface area contributed by atoms with Crippen molar-refractivity contribution in [3.63, 3.8) is 0 Å². The third-order valence-electron chi connectivity index (χ3n) is 2.80. The molecule has 2 aromatic carbocycles. The minimum atomic E-state index is 0.513. The van der Waals surface area contributed by atoms with E-state index >= 15 is 0 Å². The lowest BCUT2D eigenvalue weighted by atomic mass is 10.2. The van der Waals surface area contributed by atoms with Gasteiger partial charge in [-0.05, 0) is 30.3 Å². The van der Waals surface area contributed by atoms with Crippen molar-refractivity contribution in [1.82, 2.24) is 14.8 Å². The van der Waals surface area contributed by atoms with Gasteiger partial charge in [-0.15, -0.1) is 0 Å². The molecule has 20 heavy (non-hydrogen) atoms. The van der Waals surface area contributed by atoms with E-state index in [-0.39, 0.29) is 0 Å². The number of para-hydroxylation sites is 1. The summed E-state index contributed by atoms with van der Waals surface area (Å²) < 4.78 is 1.65. The van der Waals surface area contributed by atoms with E-state index in [1.807, 2.05) is 24.3 Å². The molecule has 1 aromatic heterocycles. The molecule has 0 spiro atoms. The maximum atomic E-state index is 6.22. The molecule has 1 heterocycles. The molecule has 0 radical (unpaired) electrons. The van der Waals surface area contributed by atoms with Crippen molar-refractivity contribution in [2.24, 2.45) is 0 Å². The van der Waals surface area contributed by atoms with Crippen LogP contribution in [0.15, 0.2) is 48.8 Å². The standard InChI is InChI=1S/C14H8Cl3N3/c15-9-5-6-10(12(17)7-9)14-18-8-19-20(14)13-4-2-1-3-11(13)16/h1-8H. The molecule has 0 N–H and O–H groups in total. The van der Waals surface area contributed by atoms with Crippen LogP contribution in [0.25, 0.3) is 17.1 Å². The fourth-order valence-corrected chi connectivity index (χ4v) is 2.60. The molecule has 0 saturated carbocycles. The Hall–Kier alpha value is -1.55. The molecule has 0 aliphatic carbocycles. The van der Waals surface area contributed by atoms with Gasteiger partial charge in [0.05, 0.1) is 15.7 Å². The van der Waals surface area contributed by atoms with Crippen LogP contribution >= 0.6 is 34.8 Å². The van der Waals surface area contributed by atoms with Crippen LogP contribution < -0.4 is 0 Å². The summed E-state index contributed by atoms with van der Waals surface area (Å²) in [6.07, 6.45) is 1.46. The molecule has 6 heteroatoms. The maximum Gasteiger partial charge on any atom is 0.164 e. The number of hydrogen-bond acceptors (Lipinski definition) is 2. The van der Waals surface area contributed by atoms with Gasteiger partial charge in [0.2, 0.25) is 0 Å². The largest absolute Gasteiger partial charge is 0.215 e. The summed E-state index contributed by atoms with van der Waals surface area (Å²) in [7, 11) is 0. The van der Waals surface area contributed by atoms with Gasteiger partial charge in [0, 0.05) is 10.6 Å².